The molecule has 1 rings (SSSR count). The Bertz CT molecular complexity index is 706. The molecule has 0 saturated carbocycles. The number of benzene rings is 1. The van der Waals surface area contributed by atoms with Gasteiger partial charge in [0.15, 0.2) is 11.5 Å². The number of rotatable bonds is 22. The van der Waals surface area contributed by atoms with Crippen molar-refractivity contribution in [1.29, 1.82) is 0 Å². The summed E-state index contributed by atoms with van der Waals surface area (Å²) in [6.45, 7) is 2.26. The molecule has 4 N–H and O–H groups in total. The van der Waals surface area contributed by atoms with Gasteiger partial charge < -0.3 is 20.6 Å². The van der Waals surface area contributed by atoms with Gasteiger partial charge in [0.2, 0.25) is 5.91 Å². The zero-order valence-electron chi connectivity index (χ0n) is 21.9. The van der Waals surface area contributed by atoms with E-state index in [1.54, 1.807) is 0 Å². The maximum atomic E-state index is 12.2. The van der Waals surface area contributed by atoms with Crippen molar-refractivity contribution in [2.75, 3.05) is 0 Å². The van der Waals surface area contributed by atoms with Gasteiger partial charge in [-0.05, 0) is 24.1 Å². The molecule has 6 heteroatoms. The molecule has 35 heavy (non-hydrogen) atoms. The van der Waals surface area contributed by atoms with Crippen molar-refractivity contribution in [2.24, 2.45) is 0 Å². The molecule has 0 aromatic heterocycles. The van der Waals surface area contributed by atoms with Crippen LogP contribution in [0, 0.1) is 0 Å². The monoisotopic (exact) mass is 491 g/mol. The minimum atomic E-state index is -1.12. The zero-order valence-corrected chi connectivity index (χ0v) is 21.9. The van der Waals surface area contributed by atoms with Crippen molar-refractivity contribution >= 4 is 11.9 Å². The van der Waals surface area contributed by atoms with Gasteiger partial charge in [-0.15, -0.1) is 0 Å². The van der Waals surface area contributed by atoms with E-state index in [4.69, 9.17) is 0 Å². The summed E-state index contributed by atoms with van der Waals surface area (Å²) in [6, 6.07) is 3.10. The Kier molecular flexibility index (Phi) is 17.6. The molecule has 0 radical (unpaired) electrons. The lowest BCUT2D eigenvalue weighted by Gasteiger charge is -2.15. The standard InChI is InChI=1S/C29H49NO5/c1-2-3-4-5-6-7-8-9-10-11-12-13-14-15-16-17-18-19-28(33)30-25(29(34)35)22-24-20-21-26(31)27(32)23-24/h20-21,23,25,31-32H,2-19,22H2,1H3,(H,30,33)(H,34,35)/t25-/m0/s1. The first-order chi connectivity index (χ1) is 16.9. The highest BCUT2D eigenvalue weighted by atomic mass is 16.4. The number of phenols is 2. The van der Waals surface area contributed by atoms with Gasteiger partial charge in [-0.3, -0.25) is 4.79 Å². The van der Waals surface area contributed by atoms with Crippen LogP contribution >= 0.6 is 0 Å². The molecule has 0 fully saturated rings. The lowest BCUT2D eigenvalue weighted by atomic mass is 10.0. The van der Waals surface area contributed by atoms with Crippen LogP contribution in [0.3, 0.4) is 0 Å². The first-order valence-electron chi connectivity index (χ1n) is 14.0. The number of carboxylic acid groups (broad SMARTS) is 1. The number of unbranched alkanes of at least 4 members (excludes halogenated alkanes) is 16. The lowest BCUT2D eigenvalue weighted by molar-refractivity contribution is -0.141. The Morgan fingerprint density at radius 3 is 1.60 bits per heavy atom. The second-order valence-electron chi connectivity index (χ2n) is 9.89. The molecule has 6 nitrogen and oxygen atoms in total. The number of carbonyl (C=O) groups is 2. The van der Waals surface area contributed by atoms with Crippen LogP contribution in [0.2, 0.25) is 0 Å². The molecule has 0 aliphatic heterocycles. The molecule has 1 aromatic rings. The second kappa shape index (κ2) is 20.0. The summed E-state index contributed by atoms with van der Waals surface area (Å²) in [5.41, 5.74) is 0.533. The minimum Gasteiger partial charge on any atom is -0.504 e. The second-order valence-corrected chi connectivity index (χ2v) is 9.89. The van der Waals surface area contributed by atoms with Crippen molar-refractivity contribution in [3.05, 3.63) is 23.8 Å². The molecular weight excluding hydrogens is 442 g/mol. The Labute approximate surface area is 212 Å². The number of aromatic hydroxyl groups is 2. The molecule has 0 aliphatic carbocycles. The fourth-order valence-corrected chi connectivity index (χ4v) is 4.41. The first kappa shape index (κ1) is 30.8. The van der Waals surface area contributed by atoms with E-state index in [-0.39, 0.29) is 23.8 Å². The predicted molar refractivity (Wildman–Crippen MR) is 142 cm³/mol. The molecule has 0 heterocycles. The number of hydrogen-bond acceptors (Lipinski definition) is 4. The van der Waals surface area contributed by atoms with E-state index in [0.29, 0.717) is 12.0 Å². The Morgan fingerprint density at radius 1 is 0.714 bits per heavy atom. The SMILES string of the molecule is CCCCCCCCCCCCCCCCCCCC(=O)N[C@@H](Cc1ccc(O)c(O)c1)C(=O)O. The van der Waals surface area contributed by atoms with Crippen LogP contribution in [0.4, 0.5) is 0 Å². The van der Waals surface area contributed by atoms with E-state index < -0.39 is 12.0 Å². The van der Waals surface area contributed by atoms with Crippen molar-refractivity contribution in [3.63, 3.8) is 0 Å². The molecule has 0 unspecified atom stereocenters. The third kappa shape index (κ3) is 16.1. The van der Waals surface area contributed by atoms with E-state index in [2.05, 4.69) is 12.2 Å². The van der Waals surface area contributed by atoms with Crippen molar-refractivity contribution < 1.29 is 24.9 Å². The van der Waals surface area contributed by atoms with Crippen LogP contribution in [-0.4, -0.2) is 33.2 Å². The zero-order chi connectivity index (χ0) is 25.7. The van der Waals surface area contributed by atoms with Gasteiger partial charge in [0.25, 0.3) is 0 Å². The molecule has 1 amide bonds. The molecule has 1 atom stereocenters. The predicted octanol–water partition coefficient (Wildman–Crippen LogP) is 7.25. The molecule has 200 valence electrons. The topological polar surface area (TPSA) is 107 Å². The van der Waals surface area contributed by atoms with Crippen molar-refractivity contribution in [2.45, 2.75) is 135 Å². The van der Waals surface area contributed by atoms with Gasteiger partial charge in [0.05, 0.1) is 0 Å². The summed E-state index contributed by atoms with van der Waals surface area (Å²) in [4.78, 5) is 23.7. The minimum absolute atomic E-state index is 0.0496. The summed E-state index contributed by atoms with van der Waals surface area (Å²) >= 11 is 0. The average molecular weight is 492 g/mol. The number of nitrogens with one attached hydrogen (secondary N) is 1. The first-order valence-corrected chi connectivity index (χ1v) is 14.0. The van der Waals surface area contributed by atoms with Gasteiger partial charge in [0.1, 0.15) is 6.04 Å². The Hall–Kier alpha value is -2.24. The van der Waals surface area contributed by atoms with Gasteiger partial charge >= 0.3 is 5.97 Å². The lowest BCUT2D eigenvalue weighted by Crippen LogP contribution is -2.42. The van der Waals surface area contributed by atoms with Crippen molar-refractivity contribution in [3.8, 4) is 11.5 Å². The van der Waals surface area contributed by atoms with E-state index in [1.807, 2.05) is 0 Å². The fourth-order valence-electron chi connectivity index (χ4n) is 4.41. The van der Waals surface area contributed by atoms with E-state index >= 15 is 0 Å². The van der Waals surface area contributed by atoms with Crippen LogP contribution in [0.5, 0.6) is 11.5 Å². The number of amides is 1. The summed E-state index contributed by atoms with van der Waals surface area (Å²) < 4.78 is 0. The maximum absolute atomic E-state index is 12.2. The van der Waals surface area contributed by atoms with Gasteiger partial charge in [0, 0.05) is 12.8 Å². The van der Waals surface area contributed by atoms with E-state index in [0.717, 1.165) is 19.3 Å². The quantitative estimate of drug-likeness (QED) is 0.101. The van der Waals surface area contributed by atoms with Crippen LogP contribution in [0.25, 0.3) is 0 Å². The average Bonchev–Trinajstić information content (AvgIpc) is 2.83. The fraction of sp³-hybridized carbons (Fsp3) is 0.724. The largest absolute Gasteiger partial charge is 0.504 e. The Morgan fingerprint density at radius 2 is 1.17 bits per heavy atom. The third-order valence-corrected chi connectivity index (χ3v) is 6.62. The van der Waals surface area contributed by atoms with Crippen LogP contribution in [-0.2, 0) is 16.0 Å². The molecule has 0 aliphatic rings. The summed E-state index contributed by atoms with van der Waals surface area (Å²) in [7, 11) is 0. The highest BCUT2D eigenvalue weighted by molar-refractivity contribution is 5.83. The number of phenolic OH excluding ortho intramolecular Hbond substituents is 2. The van der Waals surface area contributed by atoms with E-state index in [1.165, 1.54) is 108 Å². The molecule has 0 bridgehead atoms. The molecule has 0 saturated heterocycles. The summed E-state index contributed by atoms with van der Waals surface area (Å²) in [5.74, 6) is -1.94. The number of carboxylic acids is 1. The maximum Gasteiger partial charge on any atom is 0.326 e. The van der Waals surface area contributed by atoms with Gasteiger partial charge in [-0.25, -0.2) is 4.79 Å². The Balaban J connectivity index is 1.98. The smallest absolute Gasteiger partial charge is 0.326 e. The van der Waals surface area contributed by atoms with Crippen LogP contribution < -0.4 is 5.32 Å². The highest BCUT2D eigenvalue weighted by Crippen LogP contribution is 2.25. The van der Waals surface area contributed by atoms with Crippen LogP contribution in [0.15, 0.2) is 18.2 Å². The van der Waals surface area contributed by atoms with Crippen molar-refractivity contribution in [1.82, 2.24) is 5.32 Å². The highest BCUT2D eigenvalue weighted by Gasteiger charge is 2.20. The summed E-state index contributed by atoms with van der Waals surface area (Å²) in [6.07, 6.45) is 22.1. The summed E-state index contributed by atoms with van der Waals surface area (Å²) in [5, 5.41) is 30.9. The number of hydrogen-bond donors (Lipinski definition) is 4. The normalized spacial score (nSPS) is 11.9. The number of carbonyl (C=O) groups excluding carboxylic acids is 1. The van der Waals surface area contributed by atoms with Gasteiger partial charge in [-0.1, -0.05) is 116 Å². The van der Waals surface area contributed by atoms with E-state index in [9.17, 15) is 24.9 Å². The van der Waals surface area contributed by atoms with Gasteiger partial charge in [-0.2, -0.15) is 0 Å². The number of aliphatic carboxylic acids is 1. The molecule has 0 spiro atoms. The molecule has 1 aromatic carbocycles. The third-order valence-electron chi connectivity index (χ3n) is 6.62. The molecular formula is C29H49NO5. The van der Waals surface area contributed by atoms with Crippen LogP contribution in [0.1, 0.15) is 128 Å².